The number of carbonyl (C=O) groups excluding carboxylic acids is 3. The van der Waals surface area contributed by atoms with Crippen molar-refractivity contribution in [3.8, 4) is 0 Å². The fraction of sp³-hybridized carbons (Fsp3) is 0.609. The van der Waals surface area contributed by atoms with Crippen molar-refractivity contribution in [1.82, 2.24) is 10.2 Å². The van der Waals surface area contributed by atoms with Crippen molar-refractivity contribution in [3.63, 3.8) is 0 Å². The summed E-state index contributed by atoms with van der Waals surface area (Å²) in [7, 11) is -0.805. The number of amides is 2. The third-order valence-corrected chi connectivity index (χ3v) is 10.9. The van der Waals surface area contributed by atoms with Crippen LogP contribution in [0.1, 0.15) is 33.3 Å². The monoisotopic (exact) mass is 464 g/mol. The summed E-state index contributed by atoms with van der Waals surface area (Å²) in [5, 5.41) is 2.47. The number of rotatable bonds is 7. The van der Waals surface area contributed by atoms with Gasteiger partial charge in [-0.05, 0) is 23.7 Å². The van der Waals surface area contributed by atoms with Crippen molar-refractivity contribution in [3.05, 3.63) is 35.9 Å². The van der Waals surface area contributed by atoms with Gasteiger partial charge in [-0.1, -0.05) is 58.0 Å². The van der Waals surface area contributed by atoms with Crippen LogP contribution in [0.3, 0.4) is 0 Å². The first kappa shape index (κ1) is 25.9. The predicted molar refractivity (Wildman–Crippen MR) is 123 cm³/mol. The van der Waals surface area contributed by atoms with Gasteiger partial charge in [-0.3, -0.25) is 4.79 Å². The number of benzene rings is 1. The lowest BCUT2D eigenvalue weighted by atomic mass is 10.0. The number of nitrogens with zero attached hydrogens (tertiary/aromatic N) is 1. The van der Waals surface area contributed by atoms with Gasteiger partial charge in [0, 0.05) is 12.5 Å². The lowest BCUT2D eigenvalue weighted by molar-refractivity contribution is -0.151. The molecule has 1 aliphatic heterocycles. The Morgan fingerprint density at radius 2 is 1.78 bits per heavy atom. The summed E-state index contributed by atoms with van der Waals surface area (Å²) in [6.07, 6.45) is -0.980. The van der Waals surface area contributed by atoms with E-state index in [0.29, 0.717) is 0 Å². The van der Waals surface area contributed by atoms with Crippen LogP contribution >= 0.6 is 0 Å². The van der Waals surface area contributed by atoms with Crippen molar-refractivity contribution >= 4 is 26.3 Å². The average Bonchev–Trinajstić information content (AvgIpc) is 3.05. The molecule has 1 aromatic rings. The maximum atomic E-state index is 12.9. The minimum absolute atomic E-state index is 0.00498. The Labute approximate surface area is 191 Å². The summed E-state index contributed by atoms with van der Waals surface area (Å²) in [6, 6.07) is 8.50. The van der Waals surface area contributed by atoms with Crippen molar-refractivity contribution in [2.75, 3.05) is 20.2 Å². The fourth-order valence-electron chi connectivity index (χ4n) is 3.40. The van der Waals surface area contributed by atoms with E-state index in [1.807, 2.05) is 37.3 Å². The number of carbonyl (C=O) groups is 3. The van der Waals surface area contributed by atoms with E-state index in [0.717, 1.165) is 5.56 Å². The molecule has 3 atom stereocenters. The van der Waals surface area contributed by atoms with E-state index in [9.17, 15) is 14.4 Å². The number of nitrogens with one attached hydrogen (secondary N) is 1. The molecular weight excluding hydrogens is 428 g/mol. The molecule has 0 saturated carbocycles. The highest BCUT2D eigenvalue weighted by molar-refractivity contribution is 6.74. The third-order valence-electron chi connectivity index (χ3n) is 6.41. The normalized spacial score (nSPS) is 21.2. The Bertz CT molecular complexity index is 808. The molecule has 0 unspecified atom stereocenters. The molecule has 8 nitrogen and oxygen atoms in total. The van der Waals surface area contributed by atoms with E-state index in [-0.39, 0.29) is 42.7 Å². The van der Waals surface area contributed by atoms with Gasteiger partial charge in [-0.2, -0.15) is 0 Å². The van der Waals surface area contributed by atoms with Gasteiger partial charge in [0.1, 0.15) is 19.2 Å². The van der Waals surface area contributed by atoms with Crippen molar-refractivity contribution < 1.29 is 28.3 Å². The first-order chi connectivity index (χ1) is 14.9. The second-order valence-electron chi connectivity index (χ2n) is 9.71. The highest BCUT2D eigenvalue weighted by atomic mass is 28.4. The first-order valence-corrected chi connectivity index (χ1v) is 13.8. The lowest BCUT2D eigenvalue weighted by Gasteiger charge is -2.39. The lowest BCUT2D eigenvalue weighted by Crippen LogP contribution is -2.47. The zero-order valence-corrected chi connectivity index (χ0v) is 21.1. The van der Waals surface area contributed by atoms with Gasteiger partial charge in [-0.15, -0.1) is 0 Å². The summed E-state index contributed by atoms with van der Waals surface area (Å²) in [5.41, 5.74) is 0.846. The van der Waals surface area contributed by atoms with Crippen molar-refractivity contribution in [2.45, 2.75) is 64.6 Å². The molecule has 0 bridgehead atoms. The van der Waals surface area contributed by atoms with Crippen LogP contribution in [0.25, 0.3) is 0 Å². The Kier molecular flexibility index (Phi) is 8.47. The molecule has 1 aliphatic rings. The van der Waals surface area contributed by atoms with Crippen LogP contribution in [0.4, 0.5) is 4.79 Å². The van der Waals surface area contributed by atoms with Crippen LogP contribution in [0.15, 0.2) is 30.3 Å². The van der Waals surface area contributed by atoms with Gasteiger partial charge in [0.15, 0.2) is 8.32 Å². The largest absolute Gasteiger partial charge is 0.467 e. The van der Waals surface area contributed by atoms with Gasteiger partial charge in [0.05, 0.1) is 13.2 Å². The molecule has 2 amide bonds. The molecule has 0 aliphatic carbocycles. The highest BCUT2D eigenvalue weighted by Gasteiger charge is 2.50. The molecule has 9 heteroatoms. The van der Waals surface area contributed by atoms with Crippen LogP contribution in [0.5, 0.6) is 0 Å². The SMILES string of the molecule is COC(=O)[C@@H]1[C@@H](C)[C@@H](O[Si](C)(C)C(C)(C)C)CN1C(=O)CNC(=O)OCc1ccccc1. The van der Waals surface area contributed by atoms with Gasteiger partial charge in [0.25, 0.3) is 0 Å². The zero-order valence-electron chi connectivity index (χ0n) is 20.1. The molecular formula is C23H36N2O6Si. The van der Waals surface area contributed by atoms with E-state index < -0.39 is 26.4 Å². The number of esters is 1. The highest BCUT2D eigenvalue weighted by Crippen LogP contribution is 2.40. The Balaban J connectivity index is 2.00. The second kappa shape index (κ2) is 10.5. The molecule has 2 rings (SSSR count). The number of methoxy groups -OCH3 is 1. The average molecular weight is 465 g/mol. The number of hydrogen-bond donors (Lipinski definition) is 1. The standard InChI is InChI=1S/C23H36N2O6Si/c1-16-18(31-32(6,7)23(2,3)4)14-25(20(16)21(27)29-5)19(26)13-24-22(28)30-15-17-11-9-8-10-12-17/h8-12,16,18,20H,13-15H2,1-7H3,(H,24,28)/t16-,18-,20-/m0/s1. The molecule has 1 fully saturated rings. The van der Waals surface area contributed by atoms with Crippen molar-refractivity contribution in [2.24, 2.45) is 5.92 Å². The number of ether oxygens (including phenoxy) is 2. The fourth-order valence-corrected chi connectivity index (χ4v) is 4.80. The second-order valence-corrected chi connectivity index (χ2v) is 14.5. The van der Waals surface area contributed by atoms with Crippen LogP contribution in [-0.4, -0.2) is 63.5 Å². The van der Waals surface area contributed by atoms with Crippen LogP contribution in [-0.2, 0) is 30.1 Å². The topological polar surface area (TPSA) is 94.2 Å². The van der Waals surface area contributed by atoms with Crippen LogP contribution in [0, 0.1) is 5.92 Å². The minimum atomic E-state index is -2.11. The first-order valence-electron chi connectivity index (χ1n) is 10.9. The molecule has 32 heavy (non-hydrogen) atoms. The summed E-state index contributed by atoms with van der Waals surface area (Å²) in [6.45, 7) is 12.7. The van der Waals surface area contributed by atoms with E-state index >= 15 is 0 Å². The molecule has 1 saturated heterocycles. The zero-order chi connectivity index (χ0) is 24.1. The summed E-state index contributed by atoms with van der Waals surface area (Å²) >= 11 is 0. The van der Waals surface area contributed by atoms with Crippen LogP contribution in [0.2, 0.25) is 18.1 Å². The Hall–Kier alpha value is -2.39. The molecule has 1 aromatic carbocycles. The summed E-state index contributed by atoms with van der Waals surface area (Å²) < 4.78 is 16.6. The Morgan fingerprint density at radius 1 is 1.16 bits per heavy atom. The van der Waals surface area contributed by atoms with E-state index in [1.165, 1.54) is 12.0 Å². The van der Waals surface area contributed by atoms with Gasteiger partial charge in [-0.25, -0.2) is 9.59 Å². The van der Waals surface area contributed by atoms with Crippen LogP contribution < -0.4 is 5.32 Å². The van der Waals surface area contributed by atoms with Gasteiger partial charge in [0.2, 0.25) is 5.91 Å². The van der Waals surface area contributed by atoms with E-state index in [1.54, 1.807) is 0 Å². The summed E-state index contributed by atoms with van der Waals surface area (Å²) in [4.78, 5) is 38.9. The van der Waals surface area contributed by atoms with Gasteiger partial charge >= 0.3 is 12.1 Å². The molecule has 0 spiro atoms. The maximum Gasteiger partial charge on any atom is 0.407 e. The molecule has 1 N–H and O–H groups in total. The maximum absolute atomic E-state index is 12.9. The number of hydrogen-bond acceptors (Lipinski definition) is 6. The smallest absolute Gasteiger partial charge is 0.407 e. The van der Waals surface area contributed by atoms with E-state index in [2.05, 4.69) is 39.2 Å². The number of likely N-dealkylation sites (tertiary alicyclic amines) is 1. The quantitative estimate of drug-likeness (QED) is 0.491. The third kappa shape index (κ3) is 6.32. The van der Waals surface area contributed by atoms with Crippen molar-refractivity contribution in [1.29, 1.82) is 0 Å². The molecule has 178 valence electrons. The number of alkyl carbamates (subject to hydrolysis) is 1. The predicted octanol–water partition coefficient (Wildman–Crippen LogP) is 3.32. The molecule has 0 aromatic heterocycles. The van der Waals surface area contributed by atoms with Gasteiger partial charge < -0.3 is 24.1 Å². The van der Waals surface area contributed by atoms with E-state index in [4.69, 9.17) is 13.9 Å². The summed E-state index contributed by atoms with van der Waals surface area (Å²) in [5.74, 6) is -1.10. The molecule has 0 radical (unpaired) electrons. The Morgan fingerprint density at radius 3 is 2.34 bits per heavy atom. The minimum Gasteiger partial charge on any atom is -0.467 e. The molecule has 1 heterocycles.